The lowest BCUT2D eigenvalue weighted by atomic mass is 10.1. The fourth-order valence-corrected chi connectivity index (χ4v) is 4.34. The molecule has 0 spiro atoms. The molecule has 1 aromatic heterocycles. The number of benzene rings is 1. The topological polar surface area (TPSA) is 26.0 Å². The number of hydrogen-bond acceptors (Lipinski definition) is 2. The Morgan fingerprint density at radius 3 is 2.65 bits per heavy atom. The summed E-state index contributed by atoms with van der Waals surface area (Å²) in [6.07, 6.45) is 0. The van der Waals surface area contributed by atoms with Gasteiger partial charge in [0, 0.05) is 17.8 Å². The summed E-state index contributed by atoms with van der Waals surface area (Å²) in [6.45, 7) is 2.04. The van der Waals surface area contributed by atoms with E-state index in [1.807, 2.05) is 6.92 Å². The Labute approximate surface area is 125 Å². The summed E-state index contributed by atoms with van der Waals surface area (Å²) in [4.78, 5) is 2.28. The number of hydrogen-bond donors (Lipinski definition) is 1. The maximum Gasteiger partial charge on any atom is 0.124 e. The molecule has 0 fully saturated rings. The second-order valence-electron chi connectivity index (χ2n) is 3.71. The third-order valence-corrected chi connectivity index (χ3v) is 5.40. The Bertz CT molecular complexity index is 555. The van der Waals surface area contributed by atoms with Gasteiger partial charge in [-0.05, 0) is 69.2 Å². The second kappa shape index (κ2) is 5.34. The van der Waals surface area contributed by atoms with Crippen LogP contribution in [-0.4, -0.2) is 0 Å². The van der Waals surface area contributed by atoms with Crippen LogP contribution in [0.25, 0.3) is 0 Å². The first-order valence-corrected chi connectivity index (χ1v) is 7.64. The molecule has 0 aliphatic rings. The van der Waals surface area contributed by atoms with E-state index in [1.165, 1.54) is 17.0 Å². The fraction of sp³-hybridized carbons (Fsp3) is 0.167. The Morgan fingerprint density at radius 2 is 2.12 bits per heavy atom. The summed E-state index contributed by atoms with van der Waals surface area (Å²) in [5.41, 5.74) is 7.19. The molecule has 5 heteroatoms. The quantitative estimate of drug-likeness (QED) is 0.698. The zero-order valence-corrected chi connectivity index (χ0v) is 13.6. The van der Waals surface area contributed by atoms with Crippen LogP contribution in [0.1, 0.15) is 21.4 Å². The van der Waals surface area contributed by atoms with E-state index in [4.69, 9.17) is 5.73 Å². The van der Waals surface area contributed by atoms with Crippen molar-refractivity contribution in [2.75, 3.05) is 0 Å². The average Bonchev–Trinajstić information content (AvgIpc) is 2.57. The van der Waals surface area contributed by atoms with Crippen molar-refractivity contribution in [1.82, 2.24) is 0 Å². The third-order valence-electron chi connectivity index (χ3n) is 2.42. The van der Waals surface area contributed by atoms with Crippen LogP contribution in [0.2, 0.25) is 0 Å². The van der Waals surface area contributed by atoms with E-state index in [1.54, 1.807) is 17.4 Å². The van der Waals surface area contributed by atoms with Crippen LogP contribution in [0.15, 0.2) is 28.7 Å². The van der Waals surface area contributed by atoms with Gasteiger partial charge in [-0.15, -0.1) is 11.3 Å². The van der Waals surface area contributed by atoms with Gasteiger partial charge in [-0.3, -0.25) is 0 Å². The highest BCUT2D eigenvalue weighted by molar-refractivity contribution is 14.1. The predicted octanol–water partition coefficient (Wildman–Crippen LogP) is 4.61. The maximum absolute atomic E-state index is 13.0. The van der Waals surface area contributed by atoms with E-state index in [-0.39, 0.29) is 11.9 Å². The first-order chi connectivity index (χ1) is 7.99. The molecule has 0 amide bonds. The Hall–Kier alpha value is 0.0200. The van der Waals surface area contributed by atoms with Crippen molar-refractivity contribution >= 4 is 49.9 Å². The molecule has 17 heavy (non-hydrogen) atoms. The minimum absolute atomic E-state index is 0.212. The number of aryl methyl sites for hydroxylation is 1. The summed E-state index contributed by atoms with van der Waals surface area (Å²) < 4.78 is 14.9. The molecule has 1 unspecified atom stereocenters. The molecule has 2 aromatic rings. The number of rotatable bonds is 2. The van der Waals surface area contributed by atoms with Crippen molar-refractivity contribution in [2.45, 2.75) is 13.0 Å². The number of thiophene rings is 1. The molecule has 0 saturated carbocycles. The summed E-state index contributed by atoms with van der Waals surface area (Å²) in [7, 11) is 0. The zero-order chi connectivity index (χ0) is 12.6. The van der Waals surface area contributed by atoms with Crippen LogP contribution in [-0.2, 0) is 0 Å². The highest BCUT2D eigenvalue weighted by Crippen LogP contribution is 2.35. The van der Waals surface area contributed by atoms with Crippen LogP contribution < -0.4 is 5.73 Å². The van der Waals surface area contributed by atoms with Gasteiger partial charge in [-0.1, -0.05) is 6.07 Å². The summed E-state index contributed by atoms with van der Waals surface area (Å²) in [5.74, 6) is -0.230. The molecule has 1 atom stereocenters. The standard InChI is InChI=1S/C12H10BrFINS/c1-6-4-9(13)12(17-6)11(16)8-3-2-7(14)5-10(8)15/h2-5,11H,16H2,1H3. The highest BCUT2D eigenvalue weighted by atomic mass is 127. The van der Waals surface area contributed by atoms with Gasteiger partial charge >= 0.3 is 0 Å². The maximum atomic E-state index is 13.0. The van der Waals surface area contributed by atoms with E-state index >= 15 is 0 Å². The number of nitrogens with two attached hydrogens (primary N) is 1. The van der Waals surface area contributed by atoms with Gasteiger partial charge in [0.1, 0.15) is 5.82 Å². The molecular formula is C12H10BrFINS. The molecule has 1 aromatic carbocycles. The minimum Gasteiger partial charge on any atom is -0.320 e. The molecule has 2 rings (SSSR count). The molecule has 1 nitrogen and oxygen atoms in total. The lowest BCUT2D eigenvalue weighted by Crippen LogP contribution is -2.12. The minimum atomic E-state index is -0.230. The summed E-state index contributed by atoms with van der Waals surface area (Å²) >= 11 is 7.29. The molecule has 0 radical (unpaired) electrons. The lowest BCUT2D eigenvalue weighted by Gasteiger charge is -2.13. The first-order valence-electron chi connectivity index (χ1n) is 4.95. The molecule has 2 N–H and O–H groups in total. The Kier molecular flexibility index (Phi) is 4.22. The van der Waals surface area contributed by atoms with Crippen molar-refractivity contribution in [1.29, 1.82) is 0 Å². The van der Waals surface area contributed by atoms with Crippen molar-refractivity contribution in [2.24, 2.45) is 5.73 Å². The van der Waals surface area contributed by atoms with Crippen LogP contribution in [0.4, 0.5) is 4.39 Å². The Balaban J connectivity index is 2.43. The van der Waals surface area contributed by atoms with Gasteiger partial charge in [-0.2, -0.15) is 0 Å². The lowest BCUT2D eigenvalue weighted by molar-refractivity contribution is 0.625. The normalized spacial score (nSPS) is 12.8. The molecule has 0 saturated heterocycles. The molecule has 90 valence electrons. The van der Waals surface area contributed by atoms with E-state index in [0.717, 1.165) is 18.5 Å². The van der Waals surface area contributed by atoms with E-state index in [0.29, 0.717) is 0 Å². The predicted molar refractivity (Wildman–Crippen MR) is 81.9 cm³/mol. The van der Waals surface area contributed by atoms with Gasteiger partial charge < -0.3 is 5.73 Å². The van der Waals surface area contributed by atoms with Crippen LogP contribution in [0, 0.1) is 16.3 Å². The third kappa shape index (κ3) is 2.89. The molecule has 0 bridgehead atoms. The summed E-state index contributed by atoms with van der Waals surface area (Å²) in [6, 6.07) is 6.55. The van der Waals surface area contributed by atoms with Crippen LogP contribution in [0.3, 0.4) is 0 Å². The smallest absolute Gasteiger partial charge is 0.124 e. The fourth-order valence-electron chi connectivity index (χ4n) is 1.61. The van der Waals surface area contributed by atoms with Gasteiger partial charge in [0.2, 0.25) is 0 Å². The Morgan fingerprint density at radius 1 is 1.41 bits per heavy atom. The zero-order valence-electron chi connectivity index (χ0n) is 9.01. The van der Waals surface area contributed by atoms with Gasteiger partial charge in [0.05, 0.1) is 6.04 Å². The van der Waals surface area contributed by atoms with Crippen LogP contribution in [0.5, 0.6) is 0 Å². The SMILES string of the molecule is Cc1cc(Br)c(C(N)c2ccc(F)cc2I)s1. The van der Waals surface area contributed by atoms with Gasteiger partial charge in [0.25, 0.3) is 0 Å². The number of halogens is 3. The van der Waals surface area contributed by atoms with E-state index < -0.39 is 0 Å². The molecular weight excluding hydrogens is 416 g/mol. The molecule has 1 heterocycles. The van der Waals surface area contributed by atoms with E-state index in [9.17, 15) is 4.39 Å². The second-order valence-corrected chi connectivity index (χ2v) is 7.02. The monoisotopic (exact) mass is 425 g/mol. The first kappa shape index (κ1) is 13.5. The van der Waals surface area contributed by atoms with Crippen LogP contribution >= 0.6 is 49.9 Å². The van der Waals surface area contributed by atoms with Crippen molar-refractivity contribution in [3.8, 4) is 0 Å². The van der Waals surface area contributed by atoms with E-state index in [2.05, 4.69) is 44.6 Å². The molecule has 0 aliphatic carbocycles. The molecule has 0 aliphatic heterocycles. The largest absolute Gasteiger partial charge is 0.320 e. The average molecular weight is 426 g/mol. The summed E-state index contributed by atoms with van der Waals surface area (Å²) in [5, 5.41) is 0. The van der Waals surface area contributed by atoms with Gasteiger partial charge in [-0.25, -0.2) is 4.39 Å². The highest BCUT2D eigenvalue weighted by Gasteiger charge is 2.17. The van der Waals surface area contributed by atoms with Gasteiger partial charge in [0.15, 0.2) is 0 Å². The van der Waals surface area contributed by atoms with Crippen molar-refractivity contribution < 1.29 is 4.39 Å². The van der Waals surface area contributed by atoms with Crippen molar-refractivity contribution in [3.05, 3.63) is 53.4 Å². The van der Waals surface area contributed by atoms with Crippen molar-refractivity contribution in [3.63, 3.8) is 0 Å².